The van der Waals surface area contributed by atoms with Gasteiger partial charge in [-0.05, 0) is 0 Å². The highest BCUT2D eigenvalue weighted by Gasteiger charge is 2.19. The van der Waals surface area contributed by atoms with Crippen LogP contribution in [0.15, 0.2) is 16.7 Å². The number of hydrogen-bond acceptors (Lipinski definition) is 6. The summed E-state index contributed by atoms with van der Waals surface area (Å²) in [6.45, 7) is 0. The molecule has 0 heterocycles. The normalized spacial score (nSPS) is 11.4. The summed E-state index contributed by atoms with van der Waals surface area (Å²) in [5.41, 5.74) is 0.922. The third-order valence-electron chi connectivity index (χ3n) is 0.826. The van der Waals surface area contributed by atoms with Crippen LogP contribution < -0.4 is 5.48 Å². The summed E-state index contributed by atoms with van der Waals surface area (Å²) in [7, 11) is 0. The Labute approximate surface area is 65.0 Å². The highest BCUT2D eigenvalue weighted by atomic mass is 16.5. The van der Waals surface area contributed by atoms with Gasteiger partial charge < -0.3 is 10.2 Å². The Bertz CT molecular complexity index is 256. The van der Waals surface area contributed by atoms with Crippen molar-refractivity contribution >= 4 is 11.8 Å². The number of hydrogen-bond donors (Lipinski definition) is 4. The van der Waals surface area contributed by atoms with Gasteiger partial charge in [0.1, 0.15) is 0 Å². The van der Waals surface area contributed by atoms with Gasteiger partial charge in [-0.3, -0.25) is 14.8 Å². The summed E-state index contributed by atoms with van der Waals surface area (Å²) < 4.78 is 0. The van der Waals surface area contributed by atoms with Gasteiger partial charge in [-0.1, -0.05) is 0 Å². The molecule has 0 rings (SSSR count). The van der Waals surface area contributed by atoms with E-state index in [-0.39, 0.29) is 0 Å². The Balaban J connectivity index is 4.80. The predicted molar refractivity (Wildman–Crippen MR) is 33.0 cm³/mol. The van der Waals surface area contributed by atoms with Gasteiger partial charge in [0.2, 0.25) is 11.5 Å². The van der Waals surface area contributed by atoms with Crippen molar-refractivity contribution in [1.29, 1.82) is 0 Å². The molecule has 0 aromatic heterocycles. The minimum absolute atomic E-state index is 0.922. The number of carbonyl (C=O) groups excluding carboxylic acids is 2. The first-order valence-corrected chi connectivity index (χ1v) is 2.49. The van der Waals surface area contributed by atoms with Crippen molar-refractivity contribution < 1.29 is 25.0 Å². The largest absolute Gasteiger partial charge is 0.500 e. The molecule has 0 saturated carbocycles. The van der Waals surface area contributed by atoms with Crippen LogP contribution in [0.1, 0.15) is 0 Å². The zero-order valence-corrected chi connectivity index (χ0v) is 5.51. The Kier molecular flexibility index (Phi) is 3.37. The SMILES string of the molecule is O=NC(=O)/C(O)=C(/O)C(=O)NO. The number of aliphatic hydroxyl groups excluding tert-OH is 2. The van der Waals surface area contributed by atoms with Crippen molar-refractivity contribution in [3.8, 4) is 0 Å². The number of aliphatic hydroxyl groups is 2. The molecular weight excluding hydrogens is 172 g/mol. The Morgan fingerprint density at radius 2 is 1.67 bits per heavy atom. The van der Waals surface area contributed by atoms with Crippen LogP contribution in [0.5, 0.6) is 0 Å². The van der Waals surface area contributed by atoms with Crippen LogP contribution in [0.2, 0.25) is 0 Å². The van der Waals surface area contributed by atoms with Crippen LogP contribution in [0.4, 0.5) is 0 Å². The predicted octanol–water partition coefficient (Wildman–Crippen LogP) is -0.888. The summed E-state index contributed by atoms with van der Waals surface area (Å²) >= 11 is 0. The molecule has 0 radical (unpaired) electrons. The van der Waals surface area contributed by atoms with Crippen LogP contribution >= 0.6 is 0 Å². The maximum atomic E-state index is 10.2. The average Bonchev–Trinajstić information content (AvgIpc) is 2.12. The number of amides is 2. The Hall–Kier alpha value is -1.96. The van der Waals surface area contributed by atoms with Gasteiger partial charge >= 0.3 is 11.8 Å². The van der Waals surface area contributed by atoms with Gasteiger partial charge in [-0.25, -0.2) is 5.48 Å². The molecule has 0 spiro atoms. The lowest BCUT2D eigenvalue weighted by Crippen LogP contribution is -2.23. The second kappa shape index (κ2) is 4.03. The fourth-order valence-electron chi connectivity index (χ4n) is 0.305. The fraction of sp³-hybridized carbons (Fsp3) is 0. The van der Waals surface area contributed by atoms with Crippen LogP contribution in [0.25, 0.3) is 0 Å². The standard InChI is InChI=1S/C4H4N2O6/c7-1(3(9)5-11)2(8)4(10)6-12/h7-8,11H,(H,5,9)/b2-1-. The molecule has 8 heteroatoms. The monoisotopic (exact) mass is 176 g/mol. The molecule has 0 saturated heterocycles. The highest BCUT2D eigenvalue weighted by Crippen LogP contribution is 1.99. The Morgan fingerprint density at radius 3 is 2.00 bits per heavy atom. The zero-order chi connectivity index (χ0) is 9.72. The van der Waals surface area contributed by atoms with E-state index < -0.39 is 23.3 Å². The number of nitrogens with one attached hydrogen (secondary N) is 1. The van der Waals surface area contributed by atoms with Crippen molar-refractivity contribution in [1.82, 2.24) is 5.48 Å². The summed E-state index contributed by atoms with van der Waals surface area (Å²) in [6.07, 6.45) is 0. The molecule has 0 atom stereocenters. The fourth-order valence-corrected chi connectivity index (χ4v) is 0.305. The van der Waals surface area contributed by atoms with Gasteiger partial charge in [0.25, 0.3) is 0 Å². The van der Waals surface area contributed by atoms with Crippen molar-refractivity contribution in [3.63, 3.8) is 0 Å². The number of carbonyl (C=O) groups is 2. The first-order valence-electron chi connectivity index (χ1n) is 2.49. The minimum atomic E-state index is -1.71. The smallest absolute Gasteiger partial charge is 0.355 e. The molecule has 8 nitrogen and oxygen atoms in total. The lowest BCUT2D eigenvalue weighted by atomic mass is 10.4. The lowest BCUT2D eigenvalue weighted by Gasteiger charge is -1.96. The number of hydroxylamine groups is 1. The van der Waals surface area contributed by atoms with E-state index in [1.807, 2.05) is 0 Å². The minimum Gasteiger partial charge on any atom is -0.500 e. The van der Waals surface area contributed by atoms with Gasteiger partial charge in [0.15, 0.2) is 0 Å². The van der Waals surface area contributed by atoms with Gasteiger partial charge in [-0.2, -0.15) is 0 Å². The van der Waals surface area contributed by atoms with E-state index in [0.717, 1.165) is 5.48 Å². The third-order valence-corrected chi connectivity index (χ3v) is 0.826. The molecule has 2 amide bonds. The maximum Gasteiger partial charge on any atom is 0.355 e. The first kappa shape index (κ1) is 10.0. The third kappa shape index (κ3) is 2.02. The van der Waals surface area contributed by atoms with E-state index in [1.165, 1.54) is 0 Å². The summed E-state index contributed by atoms with van der Waals surface area (Å²) in [4.78, 5) is 29.9. The summed E-state index contributed by atoms with van der Waals surface area (Å²) in [5, 5.41) is 26.6. The zero-order valence-electron chi connectivity index (χ0n) is 5.51. The Morgan fingerprint density at radius 1 is 1.17 bits per heavy atom. The quantitative estimate of drug-likeness (QED) is 0.142. The van der Waals surface area contributed by atoms with Gasteiger partial charge in [0, 0.05) is 5.18 Å². The molecule has 0 aromatic rings. The molecule has 4 N–H and O–H groups in total. The van der Waals surface area contributed by atoms with Gasteiger partial charge in [-0.15, -0.1) is 4.91 Å². The molecule has 0 aromatic carbocycles. The second-order valence-electron chi connectivity index (χ2n) is 1.53. The molecule has 0 aliphatic carbocycles. The first-order chi connectivity index (χ1) is 5.54. The second-order valence-corrected chi connectivity index (χ2v) is 1.53. The molecule has 66 valence electrons. The molecule has 0 aliphatic heterocycles. The van der Waals surface area contributed by atoms with Crippen molar-refractivity contribution in [2.45, 2.75) is 0 Å². The topological polar surface area (TPSA) is 136 Å². The maximum absolute atomic E-state index is 10.2. The molecule has 0 bridgehead atoms. The molecule has 12 heavy (non-hydrogen) atoms. The molecular formula is C4H4N2O6. The van der Waals surface area contributed by atoms with Crippen molar-refractivity contribution in [2.75, 3.05) is 0 Å². The molecule has 0 fully saturated rings. The van der Waals surface area contributed by atoms with Crippen LogP contribution in [-0.2, 0) is 9.59 Å². The van der Waals surface area contributed by atoms with E-state index >= 15 is 0 Å². The average molecular weight is 176 g/mol. The highest BCUT2D eigenvalue weighted by molar-refractivity contribution is 6.01. The van der Waals surface area contributed by atoms with E-state index in [0.29, 0.717) is 0 Å². The number of rotatable bonds is 2. The lowest BCUT2D eigenvalue weighted by molar-refractivity contribution is -0.129. The van der Waals surface area contributed by atoms with Crippen molar-refractivity contribution in [2.24, 2.45) is 5.18 Å². The number of nitrogens with zero attached hydrogens (tertiary/aromatic N) is 1. The van der Waals surface area contributed by atoms with Crippen molar-refractivity contribution in [3.05, 3.63) is 16.4 Å². The van der Waals surface area contributed by atoms with Gasteiger partial charge in [0.05, 0.1) is 0 Å². The van der Waals surface area contributed by atoms with Crippen LogP contribution in [0.3, 0.4) is 0 Å². The molecule has 0 aliphatic rings. The summed E-state index contributed by atoms with van der Waals surface area (Å²) in [5.74, 6) is -6.25. The van der Waals surface area contributed by atoms with E-state index in [4.69, 9.17) is 15.4 Å². The van der Waals surface area contributed by atoms with Crippen LogP contribution in [0, 0.1) is 4.91 Å². The van der Waals surface area contributed by atoms with E-state index in [1.54, 1.807) is 5.18 Å². The van der Waals surface area contributed by atoms with E-state index in [2.05, 4.69) is 0 Å². The molecule has 0 unspecified atom stereocenters. The number of nitroso groups, excluding NO2 is 1. The van der Waals surface area contributed by atoms with Crippen LogP contribution in [-0.4, -0.2) is 27.2 Å². The van der Waals surface area contributed by atoms with E-state index in [9.17, 15) is 14.5 Å². The summed E-state index contributed by atoms with van der Waals surface area (Å²) in [6, 6.07) is 0.